The van der Waals surface area contributed by atoms with Crippen LogP contribution in [0.5, 0.6) is 0 Å². The van der Waals surface area contributed by atoms with Crippen molar-refractivity contribution >= 4 is 6.29 Å². The van der Waals surface area contributed by atoms with Crippen LogP contribution in [0.3, 0.4) is 0 Å². The van der Waals surface area contributed by atoms with E-state index in [4.69, 9.17) is 9.47 Å². The lowest BCUT2D eigenvalue weighted by Crippen LogP contribution is -2.27. The SMILES string of the molecule is CC1(CCC2CCCCC2=CC=O)OCCO1. The predicted octanol–water partition coefficient (Wildman–Crippen LogP) is 2.85. The maximum absolute atomic E-state index is 10.6. The van der Waals surface area contributed by atoms with Crippen molar-refractivity contribution in [2.75, 3.05) is 13.2 Å². The first-order valence-corrected chi connectivity index (χ1v) is 6.66. The van der Waals surface area contributed by atoms with E-state index in [1.807, 2.05) is 6.92 Å². The molecule has 96 valence electrons. The molecule has 2 fully saturated rings. The van der Waals surface area contributed by atoms with Crippen molar-refractivity contribution in [3.8, 4) is 0 Å². The summed E-state index contributed by atoms with van der Waals surface area (Å²) in [5.41, 5.74) is 1.33. The number of ether oxygens (including phenoxy) is 2. The van der Waals surface area contributed by atoms with Crippen LogP contribution >= 0.6 is 0 Å². The molecule has 17 heavy (non-hydrogen) atoms. The molecule has 1 unspecified atom stereocenters. The predicted molar refractivity (Wildman–Crippen MR) is 65.6 cm³/mol. The third-order valence-electron chi connectivity index (χ3n) is 3.92. The van der Waals surface area contributed by atoms with Gasteiger partial charge in [0.15, 0.2) is 5.79 Å². The van der Waals surface area contributed by atoms with E-state index in [1.165, 1.54) is 24.8 Å². The van der Waals surface area contributed by atoms with Crippen molar-refractivity contribution in [2.24, 2.45) is 5.92 Å². The average Bonchev–Trinajstić information content (AvgIpc) is 2.76. The fourth-order valence-electron chi connectivity index (χ4n) is 2.88. The van der Waals surface area contributed by atoms with E-state index >= 15 is 0 Å². The second kappa shape index (κ2) is 5.78. The molecule has 2 rings (SSSR count). The minimum absolute atomic E-state index is 0.385. The van der Waals surface area contributed by atoms with Crippen molar-refractivity contribution < 1.29 is 14.3 Å². The normalized spacial score (nSPS) is 30.6. The minimum Gasteiger partial charge on any atom is -0.348 e. The summed E-state index contributed by atoms with van der Waals surface area (Å²) in [5, 5.41) is 0. The first-order chi connectivity index (χ1) is 8.23. The largest absolute Gasteiger partial charge is 0.348 e. The Labute approximate surface area is 103 Å². The van der Waals surface area contributed by atoms with Crippen LogP contribution in [0.25, 0.3) is 0 Å². The van der Waals surface area contributed by atoms with Crippen molar-refractivity contribution in [3.05, 3.63) is 11.6 Å². The van der Waals surface area contributed by atoms with Crippen molar-refractivity contribution in [1.29, 1.82) is 0 Å². The number of carbonyl (C=O) groups excluding carboxylic acids is 1. The number of hydrogen-bond acceptors (Lipinski definition) is 3. The Morgan fingerprint density at radius 3 is 2.82 bits per heavy atom. The fourth-order valence-corrected chi connectivity index (χ4v) is 2.88. The van der Waals surface area contributed by atoms with Crippen molar-refractivity contribution in [1.82, 2.24) is 0 Å². The summed E-state index contributed by atoms with van der Waals surface area (Å²) in [6, 6.07) is 0. The van der Waals surface area contributed by atoms with Crippen LogP contribution in [-0.4, -0.2) is 25.3 Å². The van der Waals surface area contributed by atoms with Crippen molar-refractivity contribution in [3.63, 3.8) is 0 Å². The van der Waals surface area contributed by atoms with Gasteiger partial charge in [-0.1, -0.05) is 12.0 Å². The smallest absolute Gasteiger partial charge is 0.165 e. The van der Waals surface area contributed by atoms with Crippen molar-refractivity contribution in [2.45, 2.75) is 51.2 Å². The zero-order valence-electron chi connectivity index (χ0n) is 10.6. The Hall–Kier alpha value is -0.670. The van der Waals surface area contributed by atoms with Crippen LogP contribution in [0, 0.1) is 5.92 Å². The Balaban J connectivity index is 1.88. The molecule has 0 N–H and O–H groups in total. The molecule has 0 radical (unpaired) electrons. The second-order valence-electron chi connectivity index (χ2n) is 5.19. The highest BCUT2D eigenvalue weighted by Gasteiger charge is 2.32. The van der Waals surface area contributed by atoms with Gasteiger partial charge in [0.2, 0.25) is 0 Å². The Kier molecular flexibility index (Phi) is 4.35. The lowest BCUT2D eigenvalue weighted by atomic mass is 9.80. The van der Waals surface area contributed by atoms with Gasteiger partial charge in [-0.25, -0.2) is 0 Å². The highest BCUT2D eigenvalue weighted by molar-refractivity contribution is 5.66. The zero-order chi connectivity index (χ0) is 12.1. The van der Waals surface area contributed by atoms with E-state index in [0.717, 1.165) is 25.5 Å². The summed E-state index contributed by atoms with van der Waals surface area (Å²) in [6.07, 6.45) is 9.47. The number of aldehydes is 1. The van der Waals surface area contributed by atoms with E-state index in [1.54, 1.807) is 6.08 Å². The van der Waals surface area contributed by atoms with Gasteiger partial charge in [-0.15, -0.1) is 0 Å². The van der Waals surface area contributed by atoms with E-state index in [9.17, 15) is 4.79 Å². The molecule has 1 saturated carbocycles. The molecule has 2 aliphatic rings. The van der Waals surface area contributed by atoms with Gasteiger partial charge >= 0.3 is 0 Å². The summed E-state index contributed by atoms with van der Waals surface area (Å²) >= 11 is 0. The second-order valence-corrected chi connectivity index (χ2v) is 5.19. The first kappa shape index (κ1) is 12.8. The molecule has 1 saturated heterocycles. The number of allylic oxidation sites excluding steroid dienone is 2. The van der Waals surface area contributed by atoms with E-state index in [2.05, 4.69) is 0 Å². The molecular formula is C14H22O3. The van der Waals surface area contributed by atoms with Crippen LogP contribution in [0.2, 0.25) is 0 Å². The molecule has 0 spiro atoms. The van der Waals surface area contributed by atoms with Crippen LogP contribution in [0.15, 0.2) is 11.6 Å². The monoisotopic (exact) mass is 238 g/mol. The zero-order valence-corrected chi connectivity index (χ0v) is 10.6. The van der Waals surface area contributed by atoms with Gasteiger partial charge in [-0.05, 0) is 44.6 Å². The third kappa shape index (κ3) is 3.39. The third-order valence-corrected chi connectivity index (χ3v) is 3.92. The topological polar surface area (TPSA) is 35.5 Å². The summed E-state index contributed by atoms with van der Waals surface area (Å²) in [6.45, 7) is 3.43. The van der Waals surface area contributed by atoms with Crippen LogP contribution in [0.1, 0.15) is 45.4 Å². The molecule has 1 heterocycles. The summed E-state index contributed by atoms with van der Waals surface area (Å²) in [5.74, 6) is 0.169. The van der Waals surface area contributed by atoms with Gasteiger partial charge in [0, 0.05) is 6.42 Å². The van der Waals surface area contributed by atoms with Gasteiger partial charge in [0.05, 0.1) is 13.2 Å². The summed E-state index contributed by atoms with van der Waals surface area (Å²) in [7, 11) is 0. The number of rotatable bonds is 4. The molecule has 0 aromatic carbocycles. The number of hydrogen-bond donors (Lipinski definition) is 0. The van der Waals surface area contributed by atoms with E-state index < -0.39 is 0 Å². The highest BCUT2D eigenvalue weighted by atomic mass is 16.7. The van der Waals surface area contributed by atoms with Crippen LogP contribution in [-0.2, 0) is 14.3 Å². The van der Waals surface area contributed by atoms with Gasteiger partial charge in [-0.3, -0.25) is 4.79 Å². The molecule has 0 amide bonds. The van der Waals surface area contributed by atoms with Crippen LogP contribution < -0.4 is 0 Å². The average molecular weight is 238 g/mol. The van der Waals surface area contributed by atoms with Gasteiger partial charge in [-0.2, -0.15) is 0 Å². The molecule has 1 atom stereocenters. The molecule has 0 aromatic rings. The molecule has 1 aliphatic heterocycles. The molecule has 0 aromatic heterocycles. The van der Waals surface area contributed by atoms with E-state index in [-0.39, 0.29) is 5.79 Å². The molecule has 0 bridgehead atoms. The lowest BCUT2D eigenvalue weighted by Gasteiger charge is -2.29. The van der Waals surface area contributed by atoms with Gasteiger partial charge < -0.3 is 9.47 Å². The molecule has 3 heteroatoms. The summed E-state index contributed by atoms with van der Waals surface area (Å²) in [4.78, 5) is 10.6. The van der Waals surface area contributed by atoms with E-state index in [0.29, 0.717) is 19.1 Å². The minimum atomic E-state index is -0.385. The van der Waals surface area contributed by atoms with Gasteiger partial charge in [0.1, 0.15) is 6.29 Å². The summed E-state index contributed by atoms with van der Waals surface area (Å²) < 4.78 is 11.2. The molecule has 1 aliphatic carbocycles. The Morgan fingerprint density at radius 1 is 1.35 bits per heavy atom. The van der Waals surface area contributed by atoms with Gasteiger partial charge in [0.25, 0.3) is 0 Å². The number of carbonyl (C=O) groups is 1. The fraction of sp³-hybridized carbons (Fsp3) is 0.786. The molecular weight excluding hydrogens is 216 g/mol. The highest BCUT2D eigenvalue weighted by Crippen LogP contribution is 2.35. The Bertz CT molecular complexity index is 290. The lowest BCUT2D eigenvalue weighted by molar-refractivity contribution is -0.148. The quantitative estimate of drug-likeness (QED) is 0.558. The maximum Gasteiger partial charge on any atom is 0.165 e. The Morgan fingerprint density at radius 2 is 2.12 bits per heavy atom. The first-order valence-electron chi connectivity index (χ1n) is 6.66. The maximum atomic E-state index is 10.6. The standard InChI is InChI=1S/C14H22O3/c1-14(16-10-11-17-14)8-6-12-4-2-3-5-13(12)7-9-15/h7,9,12H,2-6,8,10-11H2,1H3. The van der Waals surface area contributed by atoms with Crippen LogP contribution in [0.4, 0.5) is 0 Å². The molecule has 3 nitrogen and oxygen atoms in total.